The number of carbonyl (C=O) groups is 1. The normalized spacial score (nSPS) is 21.2. The van der Waals surface area contributed by atoms with Gasteiger partial charge in [0.2, 0.25) is 0 Å². The second-order valence-corrected chi connectivity index (χ2v) is 7.29. The number of hydrogen-bond acceptors (Lipinski definition) is 2. The van der Waals surface area contributed by atoms with Crippen LogP contribution >= 0.6 is 12.4 Å². The van der Waals surface area contributed by atoms with Crippen molar-refractivity contribution in [1.29, 1.82) is 0 Å². The minimum atomic E-state index is -0.592. The van der Waals surface area contributed by atoms with E-state index >= 15 is 0 Å². The molecule has 0 aromatic heterocycles. The summed E-state index contributed by atoms with van der Waals surface area (Å²) < 4.78 is 0. The maximum absolute atomic E-state index is 11.0. The van der Waals surface area contributed by atoms with Crippen LogP contribution in [0.4, 0.5) is 0 Å². The van der Waals surface area contributed by atoms with Crippen molar-refractivity contribution in [2.24, 2.45) is 11.8 Å². The summed E-state index contributed by atoms with van der Waals surface area (Å²) in [5.74, 6) is 0.0506. The van der Waals surface area contributed by atoms with Gasteiger partial charge in [-0.3, -0.25) is 4.79 Å². The zero-order chi connectivity index (χ0) is 16.2. The van der Waals surface area contributed by atoms with E-state index in [2.05, 4.69) is 18.9 Å². The molecule has 1 rings (SSSR count). The molecule has 0 amide bonds. The van der Waals surface area contributed by atoms with Crippen molar-refractivity contribution in [3.8, 4) is 0 Å². The van der Waals surface area contributed by atoms with E-state index < -0.39 is 5.97 Å². The largest absolute Gasteiger partial charge is 0.481 e. The van der Waals surface area contributed by atoms with Crippen LogP contribution in [0.1, 0.15) is 84.0 Å². The van der Waals surface area contributed by atoms with Gasteiger partial charge in [0, 0.05) is 6.54 Å². The first-order valence-electron chi connectivity index (χ1n) is 9.54. The number of halogens is 1. The topological polar surface area (TPSA) is 40.5 Å². The molecule has 0 saturated heterocycles. The van der Waals surface area contributed by atoms with E-state index in [1.54, 1.807) is 0 Å². The molecule has 0 aliphatic heterocycles. The van der Waals surface area contributed by atoms with E-state index in [4.69, 9.17) is 5.11 Å². The predicted molar refractivity (Wildman–Crippen MR) is 100 cm³/mol. The van der Waals surface area contributed by atoms with Crippen molar-refractivity contribution in [1.82, 2.24) is 4.90 Å². The van der Waals surface area contributed by atoms with E-state index in [1.807, 2.05) is 0 Å². The summed E-state index contributed by atoms with van der Waals surface area (Å²) in [6, 6.07) is 0. The van der Waals surface area contributed by atoms with E-state index in [-0.39, 0.29) is 18.3 Å². The van der Waals surface area contributed by atoms with Crippen LogP contribution in [0.2, 0.25) is 0 Å². The first kappa shape index (κ1) is 22.7. The zero-order valence-electron chi connectivity index (χ0n) is 15.3. The molecule has 0 aromatic rings. The molecule has 0 heterocycles. The molecule has 0 atom stereocenters. The average Bonchev–Trinajstić information content (AvgIpc) is 2.50. The fourth-order valence-electron chi connectivity index (χ4n) is 3.64. The molecule has 1 N–H and O–H groups in total. The standard InChI is InChI=1S/C19H37NO2.ClH/c1-3-4-5-6-7-8-9-10-15-20(2)16-17-11-13-18(14-12-17)19(21)22;/h17-18H,3-16H2,1-2H3,(H,21,22);1H. The number of hydrogen-bond donors (Lipinski definition) is 1. The highest BCUT2D eigenvalue weighted by Gasteiger charge is 2.26. The summed E-state index contributed by atoms with van der Waals surface area (Å²) in [6.45, 7) is 4.63. The molecule has 1 aliphatic rings. The molecule has 0 aromatic carbocycles. The molecule has 3 nitrogen and oxygen atoms in total. The maximum Gasteiger partial charge on any atom is 0.306 e. The highest BCUT2D eigenvalue weighted by atomic mass is 35.5. The van der Waals surface area contributed by atoms with Crippen molar-refractivity contribution in [3.63, 3.8) is 0 Å². The van der Waals surface area contributed by atoms with Crippen LogP contribution in [0.3, 0.4) is 0 Å². The van der Waals surface area contributed by atoms with Gasteiger partial charge in [-0.1, -0.05) is 51.9 Å². The number of aliphatic carboxylic acids is 1. The molecule has 1 saturated carbocycles. The molecular formula is C19H38ClNO2. The van der Waals surface area contributed by atoms with E-state index in [1.165, 1.54) is 57.9 Å². The Bertz CT molecular complexity index is 291. The molecule has 1 fully saturated rings. The highest BCUT2D eigenvalue weighted by Crippen LogP contribution is 2.29. The Labute approximate surface area is 149 Å². The van der Waals surface area contributed by atoms with Gasteiger partial charge in [-0.15, -0.1) is 12.4 Å². The Balaban J connectivity index is 0.00000484. The SMILES string of the molecule is CCCCCCCCCCN(C)CC1CCC(C(=O)O)CC1.Cl. The molecule has 0 radical (unpaired) electrons. The summed E-state index contributed by atoms with van der Waals surface area (Å²) in [7, 11) is 2.23. The third kappa shape index (κ3) is 11.0. The third-order valence-electron chi connectivity index (χ3n) is 5.16. The van der Waals surface area contributed by atoms with Crippen LogP contribution < -0.4 is 0 Å². The minimum absolute atomic E-state index is 0. The second kappa shape index (κ2) is 14.1. The van der Waals surface area contributed by atoms with E-state index in [0.717, 1.165) is 38.1 Å². The summed E-state index contributed by atoms with van der Waals surface area (Å²) in [5.41, 5.74) is 0. The highest BCUT2D eigenvalue weighted by molar-refractivity contribution is 5.85. The van der Waals surface area contributed by atoms with Gasteiger partial charge >= 0.3 is 5.97 Å². The first-order valence-corrected chi connectivity index (χ1v) is 9.54. The van der Waals surface area contributed by atoms with Crippen molar-refractivity contribution >= 4 is 18.4 Å². The summed E-state index contributed by atoms with van der Waals surface area (Å²) in [6.07, 6.45) is 15.0. The zero-order valence-corrected chi connectivity index (χ0v) is 16.1. The summed E-state index contributed by atoms with van der Waals surface area (Å²) >= 11 is 0. The first-order chi connectivity index (χ1) is 10.6. The number of nitrogens with zero attached hydrogens (tertiary/aromatic N) is 1. The summed E-state index contributed by atoms with van der Waals surface area (Å²) in [5, 5.41) is 9.03. The van der Waals surface area contributed by atoms with Gasteiger partial charge in [0.1, 0.15) is 0 Å². The van der Waals surface area contributed by atoms with Gasteiger partial charge in [-0.25, -0.2) is 0 Å². The molecule has 138 valence electrons. The Morgan fingerprint density at radius 3 is 2.00 bits per heavy atom. The van der Waals surface area contributed by atoms with Crippen LogP contribution in [0.25, 0.3) is 0 Å². The Morgan fingerprint density at radius 2 is 1.48 bits per heavy atom. The average molecular weight is 348 g/mol. The number of carboxylic acids is 1. The van der Waals surface area contributed by atoms with Crippen molar-refractivity contribution in [3.05, 3.63) is 0 Å². The Hall–Kier alpha value is -0.280. The van der Waals surface area contributed by atoms with Crippen LogP contribution in [0, 0.1) is 11.8 Å². The van der Waals surface area contributed by atoms with Gasteiger partial charge in [0.25, 0.3) is 0 Å². The lowest BCUT2D eigenvalue weighted by molar-refractivity contribution is -0.143. The third-order valence-corrected chi connectivity index (χ3v) is 5.16. The quantitative estimate of drug-likeness (QED) is 0.482. The van der Waals surface area contributed by atoms with E-state index in [0.29, 0.717) is 0 Å². The fourth-order valence-corrected chi connectivity index (χ4v) is 3.64. The van der Waals surface area contributed by atoms with Gasteiger partial charge in [-0.05, 0) is 51.6 Å². The van der Waals surface area contributed by atoms with Crippen molar-refractivity contribution in [2.75, 3.05) is 20.1 Å². The predicted octanol–water partition coefficient (Wildman–Crippen LogP) is 5.37. The number of carboxylic acid groups (broad SMARTS) is 1. The molecule has 4 heteroatoms. The van der Waals surface area contributed by atoms with Crippen molar-refractivity contribution < 1.29 is 9.90 Å². The van der Waals surface area contributed by atoms with Gasteiger partial charge in [0.15, 0.2) is 0 Å². The maximum atomic E-state index is 11.0. The lowest BCUT2D eigenvalue weighted by Crippen LogP contribution is -2.30. The van der Waals surface area contributed by atoms with Gasteiger partial charge in [0.05, 0.1) is 5.92 Å². The molecule has 0 unspecified atom stereocenters. The molecule has 0 spiro atoms. The minimum Gasteiger partial charge on any atom is -0.481 e. The number of rotatable bonds is 12. The number of unbranched alkanes of at least 4 members (excludes halogenated alkanes) is 7. The van der Waals surface area contributed by atoms with Crippen LogP contribution in [0.5, 0.6) is 0 Å². The monoisotopic (exact) mass is 347 g/mol. The Kier molecular flexibility index (Phi) is 13.9. The van der Waals surface area contributed by atoms with Crippen molar-refractivity contribution in [2.45, 2.75) is 84.0 Å². The lowest BCUT2D eigenvalue weighted by atomic mass is 9.82. The van der Waals surface area contributed by atoms with Crippen LogP contribution in [-0.2, 0) is 4.79 Å². The smallest absolute Gasteiger partial charge is 0.306 e. The van der Waals surface area contributed by atoms with Gasteiger partial charge in [-0.2, -0.15) is 0 Å². The second-order valence-electron chi connectivity index (χ2n) is 7.29. The molecular weight excluding hydrogens is 310 g/mol. The molecule has 0 bridgehead atoms. The summed E-state index contributed by atoms with van der Waals surface area (Å²) in [4.78, 5) is 13.4. The lowest BCUT2D eigenvalue weighted by Gasteiger charge is -2.29. The Morgan fingerprint density at radius 1 is 0.957 bits per heavy atom. The molecule has 1 aliphatic carbocycles. The van der Waals surface area contributed by atoms with Crippen LogP contribution in [-0.4, -0.2) is 36.1 Å². The molecule has 23 heavy (non-hydrogen) atoms. The van der Waals surface area contributed by atoms with Gasteiger partial charge < -0.3 is 10.0 Å². The van der Waals surface area contributed by atoms with Crippen LogP contribution in [0.15, 0.2) is 0 Å². The van der Waals surface area contributed by atoms with E-state index in [9.17, 15) is 4.79 Å². The fraction of sp³-hybridized carbons (Fsp3) is 0.947.